The van der Waals surface area contributed by atoms with E-state index in [9.17, 15) is 4.79 Å². The smallest absolute Gasteiger partial charge is 0.322 e. The summed E-state index contributed by atoms with van der Waals surface area (Å²) in [5.74, 6) is -0.501. The number of hydrogen-bond donors (Lipinski definition) is 1. The lowest BCUT2D eigenvalue weighted by Crippen LogP contribution is -2.33. The predicted octanol–water partition coefficient (Wildman–Crippen LogP) is 1.25. The first kappa shape index (κ1) is 12.5. The highest BCUT2D eigenvalue weighted by Gasteiger charge is 2.16. The van der Waals surface area contributed by atoms with Gasteiger partial charge in [-0.15, -0.1) is 0 Å². The largest absolute Gasteiger partial charge is 0.468 e. The van der Waals surface area contributed by atoms with E-state index in [0.29, 0.717) is 16.1 Å². The molecule has 84 valence electrons. The van der Waals surface area contributed by atoms with E-state index in [2.05, 4.69) is 4.74 Å². The van der Waals surface area contributed by atoms with E-state index in [4.69, 9.17) is 22.6 Å². The molecule has 0 aliphatic carbocycles. The van der Waals surface area contributed by atoms with Crippen molar-refractivity contribution in [3.63, 3.8) is 0 Å². The third-order valence-corrected chi connectivity index (χ3v) is 2.37. The summed E-state index contributed by atoms with van der Waals surface area (Å²) in [6.45, 7) is 0. The molecule has 0 saturated carbocycles. The first-order valence-electron chi connectivity index (χ1n) is 4.60. The number of carbonyl (C=O) groups excluding carboxylic acids is 1. The Hall–Kier alpha value is -1.57. The molecule has 1 aromatic rings. The zero-order chi connectivity index (χ0) is 12.1. The van der Waals surface area contributed by atoms with E-state index in [1.807, 2.05) is 6.07 Å². The van der Waals surface area contributed by atoms with E-state index in [1.165, 1.54) is 7.11 Å². The fraction of sp³-hybridized carbons (Fsp3) is 0.273. The number of benzene rings is 1. The van der Waals surface area contributed by atoms with E-state index in [1.54, 1.807) is 18.2 Å². The molecule has 0 fully saturated rings. The van der Waals surface area contributed by atoms with Crippen LogP contribution in [0.5, 0.6) is 0 Å². The van der Waals surface area contributed by atoms with Crippen LogP contribution in [0.2, 0.25) is 5.02 Å². The van der Waals surface area contributed by atoms with Crippen LogP contribution in [0.4, 0.5) is 0 Å². The SMILES string of the molecule is COC(=O)[C@H](N)Cc1ccc(Cl)cc1C#N. The number of methoxy groups -OCH3 is 1. The summed E-state index contributed by atoms with van der Waals surface area (Å²) in [6, 6.07) is 6.12. The number of carbonyl (C=O) groups is 1. The Labute approximate surface area is 98.6 Å². The van der Waals surface area contributed by atoms with Gasteiger partial charge >= 0.3 is 5.97 Å². The summed E-state index contributed by atoms with van der Waals surface area (Å²) in [5, 5.41) is 9.36. The molecule has 0 aliphatic heterocycles. The monoisotopic (exact) mass is 238 g/mol. The molecule has 0 radical (unpaired) electrons. The van der Waals surface area contributed by atoms with Crippen molar-refractivity contribution in [2.24, 2.45) is 5.73 Å². The minimum atomic E-state index is -0.765. The summed E-state index contributed by atoms with van der Waals surface area (Å²) >= 11 is 5.75. The fourth-order valence-electron chi connectivity index (χ4n) is 1.30. The van der Waals surface area contributed by atoms with E-state index < -0.39 is 12.0 Å². The lowest BCUT2D eigenvalue weighted by atomic mass is 10.0. The molecule has 1 atom stereocenters. The predicted molar refractivity (Wildman–Crippen MR) is 59.9 cm³/mol. The highest BCUT2D eigenvalue weighted by molar-refractivity contribution is 6.30. The molecule has 1 rings (SSSR count). The summed E-state index contributed by atoms with van der Waals surface area (Å²) in [5.41, 5.74) is 6.71. The Morgan fingerprint density at radius 3 is 2.94 bits per heavy atom. The lowest BCUT2D eigenvalue weighted by molar-refractivity contribution is -0.142. The normalized spacial score (nSPS) is 11.6. The van der Waals surface area contributed by atoms with Gasteiger partial charge in [0.1, 0.15) is 6.04 Å². The number of esters is 1. The van der Waals surface area contributed by atoms with Gasteiger partial charge in [-0.2, -0.15) is 5.26 Å². The van der Waals surface area contributed by atoms with Gasteiger partial charge in [0.15, 0.2) is 0 Å². The Morgan fingerprint density at radius 1 is 1.69 bits per heavy atom. The second-order valence-electron chi connectivity index (χ2n) is 3.25. The van der Waals surface area contributed by atoms with Crippen molar-refractivity contribution in [1.82, 2.24) is 0 Å². The molecule has 5 heteroatoms. The van der Waals surface area contributed by atoms with Crippen molar-refractivity contribution in [1.29, 1.82) is 5.26 Å². The van der Waals surface area contributed by atoms with Crippen molar-refractivity contribution in [3.05, 3.63) is 34.3 Å². The first-order chi connectivity index (χ1) is 7.58. The van der Waals surface area contributed by atoms with Gasteiger partial charge in [0, 0.05) is 5.02 Å². The van der Waals surface area contributed by atoms with Gasteiger partial charge in [-0.25, -0.2) is 0 Å². The highest BCUT2D eigenvalue weighted by Crippen LogP contribution is 2.16. The number of nitrogens with zero attached hydrogens (tertiary/aromatic N) is 1. The van der Waals surface area contributed by atoms with Crippen molar-refractivity contribution < 1.29 is 9.53 Å². The maximum atomic E-state index is 11.1. The Kier molecular flexibility index (Phi) is 4.29. The molecule has 1 aromatic carbocycles. The lowest BCUT2D eigenvalue weighted by Gasteiger charge is -2.10. The summed E-state index contributed by atoms with van der Waals surface area (Å²) in [6.07, 6.45) is 0.257. The van der Waals surface area contributed by atoms with E-state index >= 15 is 0 Å². The van der Waals surface area contributed by atoms with Crippen LogP contribution in [0.15, 0.2) is 18.2 Å². The van der Waals surface area contributed by atoms with Gasteiger partial charge in [0.2, 0.25) is 0 Å². The molecule has 0 spiro atoms. The quantitative estimate of drug-likeness (QED) is 0.805. The molecular formula is C11H11ClN2O2. The van der Waals surface area contributed by atoms with Gasteiger partial charge in [-0.05, 0) is 24.1 Å². The Balaban J connectivity index is 2.90. The summed E-state index contributed by atoms with van der Waals surface area (Å²) < 4.78 is 4.51. The highest BCUT2D eigenvalue weighted by atomic mass is 35.5. The first-order valence-corrected chi connectivity index (χ1v) is 4.98. The van der Waals surface area contributed by atoms with Gasteiger partial charge in [0.05, 0.1) is 18.7 Å². The van der Waals surface area contributed by atoms with Crippen molar-refractivity contribution in [2.75, 3.05) is 7.11 Å². The number of ether oxygens (including phenoxy) is 1. The minimum absolute atomic E-state index is 0.257. The van der Waals surface area contributed by atoms with Gasteiger partial charge < -0.3 is 10.5 Å². The number of nitrogens with two attached hydrogens (primary N) is 1. The third-order valence-electron chi connectivity index (χ3n) is 2.14. The van der Waals surface area contributed by atoms with Gasteiger partial charge in [0.25, 0.3) is 0 Å². The van der Waals surface area contributed by atoms with Crippen molar-refractivity contribution >= 4 is 17.6 Å². The van der Waals surface area contributed by atoms with Crippen LogP contribution in [-0.4, -0.2) is 19.1 Å². The molecule has 0 aromatic heterocycles. The van der Waals surface area contributed by atoms with Crippen molar-refractivity contribution in [2.45, 2.75) is 12.5 Å². The van der Waals surface area contributed by atoms with Crippen LogP contribution in [-0.2, 0) is 16.0 Å². The Bertz CT molecular complexity index is 440. The molecule has 0 saturated heterocycles. The zero-order valence-electron chi connectivity index (χ0n) is 8.74. The molecule has 0 unspecified atom stereocenters. The average Bonchev–Trinajstić information content (AvgIpc) is 2.30. The van der Waals surface area contributed by atoms with Crippen LogP contribution in [0.25, 0.3) is 0 Å². The fourth-order valence-corrected chi connectivity index (χ4v) is 1.47. The van der Waals surface area contributed by atoms with Gasteiger partial charge in [-0.1, -0.05) is 17.7 Å². The van der Waals surface area contributed by atoms with Crippen LogP contribution in [0.3, 0.4) is 0 Å². The van der Waals surface area contributed by atoms with E-state index in [0.717, 1.165) is 0 Å². The molecule has 0 amide bonds. The van der Waals surface area contributed by atoms with Crippen LogP contribution < -0.4 is 5.73 Å². The van der Waals surface area contributed by atoms with Crippen LogP contribution in [0.1, 0.15) is 11.1 Å². The molecule has 16 heavy (non-hydrogen) atoms. The topological polar surface area (TPSA) is 76.1 Å². The zero-order valence-corrected chi connectivity index (χ0v) is 9.49. The summed E-state index contributed by atoms with van der Waals surface area (Å²) in [4.78, 5) is 11.1. The van der Waals surface area contributed by atoms with Crippen LogP contribution in [0, 0.1) is 11.3 Å². The number of rotatable bonds is 3. The molecule has 0 aliphatic rings. The van der Waals surface area contributed by atoms with Crippen LogP contribution >= 0.6 is 11.6 Å². The number of hydrogen-bond acceptors (Lipinski definition) is 4. The summed E-state index contributed by atoms with van der Waals surface area (Å²) in [7, 11) is 1.27. The Morgan fingerprint density at radius 2 is 2.38 bits per heavy atom. The minimum Gasteiger partial charge on any atom is -0.468 e. The molecular weight excluding hydrogens is 228 g/mol. The molecule has 2 N–H and O–H groups in total. The second-order valence-corrected chi connectivity index (χ2v) is 3.68. The molecule has 0 heterocycles. The molecule has 4 nitrogen and oxygen atoms in total. The van der Waals surface area contributed by atoms with Crippen molar-refractivity contribution in [3.8, 4) is 6.07 Å². The third kappa shape index (κ3) is 2.96. The van der Waals surface area contributed by atoms with E-state index in [-0.39, 0.29) is 6.42 Å². The van der Waals surface area contributed by atoms with Gasteiger partial charge in [-0.3, -0.25) is 4.79 Å². The standard InChI is InChI=1S/C11H11ClN2O2/c1-16-11(15)10(14)5-7-2-3-9(12)4-8(7)6-13/h2-4,10H,5,14H2,1H3/t10-/m1/s1. The average molecular weight is 239 g/mol. The maximum Gasteiger partial charge on any atom is 0.322 e. The number of nitriles is 1. The molecule has 0 bridgehead atoms. The maximum absolute atomic E-state index is 11.1. The second kappa shape index (κ2) is 5.50. The number of halogens is 1.